The minimum Gasteiger partial charge on any atom is -0.375 e. The summed E-state index contributed by atoms with van der Waals surface area (Å²) in [6, 6.07) is 20.3. The number of ether oxygens (including phenoxy) is 1. The van der Waals surface area contributed by atoms with Crippen LogP contribution in [0.1, 0.15) is 57.5 Å². The lowest BCUT2D eigenvalue weighted by Crippen LogP contribution is -2.46. The van der Waals surface area contributed by atoms with Crippen molar-refractivity contribution in [2.24, 2.45) is 11.1 Å². The summed E-state index contributed by atoms with van der Waals surface area (Å²) in [6.07, 6.45) is 4.92. The molecule has 2 N–H and O–H groups in total. The first kappa shape index (κ1) is 25.1. The molecule has 0 saturated heterocycles. The van der Waals surface area contributed by atoms with E-state index in [1.54, 1.807) is 7.11 Å². The predicted molar refractivity (Wildman–Crippen MR) is 140 cm³/mol. The molecule has 0 unspecified atom stereocenters. The first-order valence-electron chi connectivity index (χ1n) is 12.4. The van der Waals surface area contributed by atoms with Crippen LogP contribution in [0.4, 0.5) is 0 Å². The van der Waals surface area contributed by atoms with Gasteiger partial charge >= 0.3 is 0 Å². The number of amides is 1. The van der Waals surface area contributed by atoms with E-state index < -0.39 is 0 Å². The number of hydrogen-bond acceptors (Lipinski definition) is 4. The highest BCUT2D eigenvalue weighted by atomic mass is 16.5. The zero-order valence-electron chi connectivity index (χ0n) is 21.4. The summed E-state index contributed by atoms with van der Waals surface area (Å²) in [5, 5.41) is 0. The Balaban J connectivity index is 1.80. The zero-order valence-corrected chi connectivity index (χ0v) is 21.4. The lowest BCUT2D eigenvalue weighted by molar-refractivity contribution is -0.140. The highest BCUT2D eigenvalue weighted by Gasteiger charge is 2.42. The molecule has 1 amide bonds. The molecule has 1 saturated carbocycles. The van der Waals surface area contributed by atoms with Gasteiger partial charge in [0.05, 0.1) is 11.7 Å². The van der Waals surface area contributed by atoms with Crippen molar-refractivity contribution in [1.29, 1.82) is 0 Å². The quantitative estimate of drug-likeness (QED) is 0.447. The number of hydrogen-bond donors (Lipinski definition) is 1. The van der Waals surface area contributed by atoms with E-state index in [0.717, 1.165) is 36.3 Å². The van der Waals surface area contributed by atoms with Gasteiger partial charge in [-0.3, -0.25) is 4.79 Å². The van der Waals surface area contributed by atoms with Gasteiger partial charge in [-0.1, -0.05) is 81.4 Å². The first-order chi connectivity index (χ1) is 16.7. The summed E-state index contributed by atoms with van der Waals surface area (Å²) in [7, 11) is 1.57. The van der Waals surface area contributed by atoms with Crippen molar-refractivity contribution in [3.63, 3.8) is 0 Å². The number of carbonyl (C=O) groups is 1. The van der Waals surface area contributed by atoms with Crippen molar-refractivity contribution in [3.05, 3.63) is 78.2 Å². The second-order valence-corrected chi connectivity index (χ2v) is 10.9. The Bertz CT molecular complexity index is 1110. The van der Waals surface area contributed by atoms with E-state index in [9.17, 15) is 4.79 Å². The fourth-order valence-electron chi connectivity index (χ4n) is 4.66. The van der Waals surface area contributed by atoms with Crippen LogP contribution in [-0.2, 0) is 16.1 Å². The summed E-state index contributed by atoms with van der Waals surface area (Å²) in [4.78, 5) is 20.5. The molecule has 4 rings (SSSR count). The standard InChI is InChI=1S/C29H38N4O2/c1-28(2,3)26(33(25(34)21-35-4)18-17-29(30)15-16-29)27-31-24(23-13-9-6-10-14-23)20-32(27)19-22-11-7-5-8-12-22/h5-14,20,26H,15-19,21,30H2,1-4H3/t26-/m0/s1. The van der Waals surface area contributed by atoms with Crippen molar-refractivity contribution in [1.82, 2.24) is 14.5 Å². The van der Waals surface area contributed by atoms with Crippen molar-refractivity contribution in [3.8, 4) is 11.3 Å². The van der Waals surface area contributed by atoms with E-state index in [1.807, 2.05) is 29.2 Å². The van der Waals surface area contributed by atoms with Crippen LogP contribution in [0.5, 0.6) is 0 Å². The van der Waals surface area contributed by atoms with Crippen molar-refractivity contribution in [2.75, 3.05) is 20.3 Å². The van der Waals surface area contributed by atoms with Crippen LogP contribution in [-0.4, -0.2) is 46.2 Å². The van der Waals surface area contributed by atoms with Gasteiger partial charge in [0.25, 0.3) is 0 Å². The molecule has 1 aliphatic rings. The molecular formula is C29H38N4O2. The Hall–Kier alpha value is -2.96. The van der Waals surface area contributed by atoms with E-state index in [0.29, 0.717) is 13.1 Å². The van der Waals surface area contributed by atoms with E-state index in [4.69, 9.17) is 15.5 Å². The molecule has 1 aliphatic carbocycles. The first-order valence-corrected chi connectivity index (χ1v) is 12.4. The van der Waals surface area contributed by atoms with Crippen LogP contribution in [0.2, 0.25) is 0 Å². The topological polar surface area (TPSA) is 73.4 Å². The number of nitrogens with zero attached hydrogens (tertiary/aromatic N) is 3. The molecule has 35 heavy (non-hydrogen) atoms. The Morgan fingerprint density at radius 3 is 2.31 bits per heavy atom. The van der Waals surface area contributed by atoms with Gasteiger partial charge in [-0.25, -0.2) is 4.98 Å². The molecule has 186 valence electrons. The monoisotopic (exact) mass is 474 g/mol. The summed E-state index contributed by atoms with van der Waals surface area (Å²) >= 11 is 0. The van der Waals surface area contributed by atoms with E-state index in [2.05, 4.69) is 67.9 Å². The summed E-state index contributed by atoms with van der Waals surface area (Å²) < 4.78 is 7.49. The molecule has 1 atom stereocenters. The Labute approximate surface area is 209 Å². The molecule has 1 heterocycles. The van der Waals surface area contributed by atoms with Gasteiger partial charge in [0.2, 0.25) is 5.91 Å². The molecule has 0 bridgehead atoms. The molecule has 1 aromatic heterocycles. The molecule has 6 nitrogen and oxygen atoms in total. The average molecular weight is 475 g/mol. The van der Waals surface area contributed by atoms with Gasteiger partial charge in [0, 0.05) is 37.5 Å². The second kappa shape index (κ2) is 10.3. The number of methoxy groups -OCH3 is 1. The number of aromatic nitrogens is 2. The second-order valence-electron chi connectivity index (χ2n) is 10.9. The summed E-state index contributed by atoms with van der Waals surface area (Å²) in [6.45, 7) is 7.81. The molecule has 0 spiro atoms. The van der Waals surface area contributed by atoms with Crippen LogP contribution in [0.3, 0.4) is 0 Å². The Kier molecular flexibility index (Phi) is 7.43. The zero-order chi connectivity index (χ0) is 25.1. The maximum absolute atomic E-state index is 13.4. The number of imidazole rings is 1. The maximum Gasteiger partial charge on any atom is 0.249 e. The van der Waals surface area contributed by atoms with Crippen LogP contribution in [0.15, 0.2) is 66.9 Å². The highest BCUT2D eigenvalue weighted by molar-refractivity contribution is 5.78. The third-order valence-corrected chi connectivity index (χ3v) is 6.78. The molecule has 3 aromatic rings. The predicted octanol–water partition coefficient (Wildman–Crippen LogP) is 5.04. The largest absolute Gasteiger partial charge is 0.375 e. The van der Waals surface area contributed by atoms with Gasteiger partial charge in [0.1, 0.15) is 12.4 Å². The van der Waals surface area contributed by atoms with Crippen molar-refractivity contribution in [2.45, 2.75) is 58.2 Å². The number of nitrogens with two attached hydrogens (primary N) is 1. The summed E-state index contributed by atoms with van der Waals surface area (Å²) in [5.41, 5.74) is 9.18. The van der Waals surface area contributed by atoms with Gasteiger partial charge in [-0.2, -0.15) is 0 Å². The Morgan fingerprint density at radius 1 is 1.11 bits per heavy atom. The minimum atomic E-state index is -0.261. The molecule has 0 radical (unpaired) electrons. The average Bonchev–Trinajstić information content (AvgIpc) is 3.43. The van der Waals surface area contributed by atoms with E-state index >= 15 is 0 Å². The highest BCUT2D eigenvalue weighted by Crippen LogP contribution is 2.41. The lowest BCUT2D eigenvalue weighted by atomic mass is 9.84. The van der Waals surface area contributed by atoms with Crippen molar-refractivity contribution < 1.29 is 9.53 Å². The van der Waals surface area contributed by atoms with Crippen LogP contribution in [0.25, 0.3) is 11.3 Å². The number of benzene rings is 2. The molecule has 1 fully saturated rings. The van der Waals surface area contributed by atoms with Gasteiger partial charge in [0.15, 0.2) is 0 Å². The van der Waals surface area contributed by atoms with E-state index in [1.165, 1.54) is 5.56 Å². The van der Waals surface area contributed by atoms with Gasteiger partial charge < -0.3 is 19.9 Å². The third kappa shape index (κ3) is 6.19. The minimum absolute atomic E-state index is 0.0350. The van der Waals surface area contributed by atoms with E-state index in [-0.39, 0.29) is 29.5 Å². The molecule has 2 aromatic carbocycles. The Morgan fingerprint density at radius 2 is 1.74 bits per heavy atom. The van der Waals surface area contributed by atoms with Crippen LogP contribution >= 0.6 is 0 Å². The fraction of sp³-hybridized carbons (Fsp3) is 0.448. The van der Waals surface area contributed by atoms with Gasteiger partial charge in [-0.15, -0.1) is 0 Å². The van der Waals surface area contributed by atoms with Crippen molar-refractivity contribution >= 4 is 5.91 Å². The molecular weight excluding hydrogens is 436 g/mol. The number of carbonyl (C=O) groups excluding carboxylic acids is 1. The lowest BCUT2D eigenvalue weighted by Gasteiger charge is -2.40. The number of rotatable bonds is 10. The normalized spacial score (nSPS) is 15.6. The van der Waals surface area contributed by atoms with Gasteiger partial charge in [-0.05, 0) is 30.2 Å². The SMILES string of the molecule is COCC(=O)N(CCC1(N)CC1)[C@@H](c1nc(-c2ccccc2)cn1Cc1ccccc1)C(C)(C)C. The smallest absolute Gasteiger partial charge is 0.249 e. The molecule has 0 aliphatic heterocycles. The maximum atomic E-state index is 13.4. The van der Waals surface area contributed by atoms with Crippen LogP contribution < -0.4 is 5.73 Å². The molecule has 6 heteroatoms. The van der Waals surface area contributed by atoms with Crippen LogP contribution in [0, 0.1) is 5.41 Å². The fourth-order valence-corrected chi connectivity index (χ4v) is 4.66. The third-order valence-electron chi connectivity index (χ3n) is 6.78. The summed E-state index contributed by atoms with van der Waals surface area (Å²) in [5.74, 6) is 0.846.